The Morgan fingerprint density at radius 2 is 2.00 bits per heavy atom. The Kier molecular flexibility index (Phi) is 3.57. The normalized spacial score (nSPS) is 10.1. The van der Waals surface area contributed by atoms with Crippen LogP contribution in [0.5, 0.6) is 0 Å². The molecule has 2 rings (SSSR count). The number of aromatic carboxylic acids is 1. The summed E-state index contributed by atoms with van der Waals surface area (Å²) in [6.07, 6.45) is 2.47. The molecule has 0 bridgehead atoms. The van der Waals surface area contributed by atoms with Gasteiger partial charge in [0, 0.05) is 11.9 Å². The summed E-state index contributed by atoms with van der Waals surface area (Å²) >= 11 is 0. The van der Waals surface area contributed by atoms with Crippen LogP contribution in [0.3, 0.4) is 0 Å². The molecule has 4 nitrogen and oxygen atoms in total. The Morgan fingerprint density at radius 1 is 1.28 bits per heavy atom. The summed E-state index contributed by atoms with van der Waals surface area (Å²) in [7, 11) is 0. The zero-order valence-corrected chi connectivity index (χ0v) is 10.1. The topological polar surface area (TPSA) is 62.2 Å². The summed E-state index contributed by atoms with van der Waals surface area (Å²) in [5.74, 6) is -0.430. The predicted octanol–water partition coefficient (Wildman–Crippen LogP) is 3.09. The minimum absolute atomic E-state index is 0.220. The first-order chi connectivity index (χ1) is 8.69. The molecule has 0 saturated carbocycles. The van der Waals surface area contributed by atoms with Crippen LogP contribution in [0, 0.1) is 0 Å². The van der Waals surface area contributed by atoms with E-state index < -0.39 is 5.97 Å². The average molecular weight is 242 g/mol. The lowest BCUT2D eigenvalue weighted by Gasteiger charge is -2.06. The molecule has 92 valence electrons. The van der Waals surface area contributed by atoms with Gasteiger partial charge in [-0.25, -0.2) is 9.78 Å². The molecule has 0 aliphatic rings. The number of anilines is 2. The van der Waals surface area contributed by atoms with Crippen LogP contribution in [0.25, 0.3) is 0 Å². The van der Waals surface area contributed by atoms with Gasteiger partial charge in [0.15, 0.2) is 0 Å². The largest absolute Gasteiger partial charge is 0.478 e. The van der Waals surface area contributed by atoms with E-state index in [1.54, 1.807) is 0 Å². The number of aromatic nitrogens is 1. The van der Waals surface area contributed by atoms with E-state index in [9.17, 15) is 4.79 Å². The van der Waals surface area contributed by atoms with Gasteiger partial charge >= 0.3 is 5.97 Å². The van der Waals surface area contributed by atoms with Gasteiger partial charge in [-0.2, -0.15) is 0 Å². The highest BCUT2D eigenvalue weighted by Crippen LogP contribution is 2.16. The van der Waals surface area contributed by atoms with Crippen LogP contribution in [0.1, 0.15) is 22.8 Å². The second-order valence-electron chi connectivity index (χ2n) is 3.91. The lowest BCUT2D eigenvalue weighted by Crippen LogP contribution is -1.99. The molecule has 1 aromatic heterocycles. The quantitative estimate of drug-likeness (QED) is 0.864. The third-order valence-electron chi connectivity index (χ3n) is 2.64. The predicted molar refractivity (Wildman–Crippen MR) is 70.3 cm³/mol. The minimum Gasteiger partial charge on any atom is -0.478 e. The van der Waals surface area contributed by atoms with Crippen LogP contribution in [0.4, 0.5) is 11.5 Å². The second kappa shape index (κ2) is 5.31. The van der Waals surface area contributed by atoms with Crippen molar-refractivity contribution in [2.45, 2.75) is 13.3 Å². The van der Waals surface area contributed by atoms with E-state index in [1.165, 1.54) is 23.9 Å². The van der Waals surface area contributed by atoms with Crippen molar-refractivity contribution in [1.29, 1.82) is 0 Å². The average Bonchev–Trinajstić information content (AvgIpc) is 2.40. The molecule has 18 heavy (non-hydrogen) atoms. The van der Waals surface area contributed by atoms with Crippen molar-refractivity contribution in [3.8, 4) is 0 Å². The Hall–Kier alpha value is -2.36. The van der Waals surface area contributed by atoms with E-state index in [0.29, 0.717) is 5.82 Å². The summed E-state index contributed by atoms with van der Waals surface area (Å²) < 4.78 is 0. The molecule has 4 heteroatoms. The Bertz CT molecular complexity index is 550. The SMILES string of the molecule is CCc1ccc(Nc2cc(C(=O)O)ccn2)cc1. The molecule has 0 saturated heterocycles. The van der Waals surface area contributed by atoms with Crippen molar-refractivity contribution in [2.75, 3.05) is 5.32 Å². The fourth-order valence-corrected chi connectivity index (χ4v) is 1.60. The fraction of sp³-hybridized carbons (Fsp3) is 0.143. The molecule has 0 fully saturated rings. The maximum absolute atomic E-state index is 10.8. The Balaban J connectivity index is 2.17. The highest BCUT2D eigenvalue weighted by molar-refractivity contribution is 5.88. The maximum Gasteiger partial charge on any atom is 0.335 e. The van der Waals surface area contributed by atoms with Crippen molar-refractivity contribution < 1.29 is 9.90 Å². The van der Waals surface area contributed by atoms with E-state index in [2.05, 4.69) is 17.2 Å². The molecule has 2 N–H and O–H groups in total. The Labute approximate surface area is 105 Å². The molecule has 0 aliphatic heterocycles. The number of carbonyl (C=O) groups is 1. The summed E-state index contributed by atoms with van der Waals surface area (Å²) in [5, 5.41) is 12.0. The molecule has 0 radical (unpaired) electrons. The number of rotatable bonds is 4. The van der Waals surface area contributed by atoms with E-state index in [0.717, 1.165) is 12.1 Å². The zero-order chi connectivity index (χ0) is 13.0. The molecule has 0 aliphatic carbocycles. The standard InChI is InChI=1S/C14H14N2O2/c1-2-10-3-5-12(6-4-10)16-13-9-11(14(17)18)7-8-15-13/h3-9H,2H2,1H3,(H,15,16)(H,17,18). The first-order valence-electron chi connectivity index (χ1n) is 5.74. The monoisotopic (exact) mass is 242 g/mol. The van der Waals surface area contributed by atoms with E-state index >= 15 is 0 Å². The van der Waals surface area contributed by atoms with E-state index in [-0.39, 0.29) is 5.56 Å². The lowest BCUT2D eigenvalue weighted by atomic mass is 10.1. The number of nitrogens with zero attached hydrogens (tertiary/aromatic N) is 1. The lowest BCUT2D eigenvalue weighted by molar-refractivity contribution is 0.0697. The van der Waals surface area contributed by atoms with Crippen LogP contribution >= 0.6 is 0 Å². The molecule has 0 spiro atoms. The number of nitrogens with one attached hydrogen (secondary N) is 1. The van der Waals surface area contributed by atoms with Crippen molar-refractivity contribution >= 4 is 17.5 Å². The first kappa shape index (κ1) is 12.1. The minimum atomic E-state index is -0.957. The van der Waals surface area contributed by atoms with Crippen LogP contribution in [0.15, 0.2) is 42.6 Å². The van der Waals surface area contributed by atoms with Crippen LogP contribution < -0.4 is 5.32 Å². The van der Waals surface area contributed by atoms with Gasteiger partial charge in [0.2, 0.25) is 0 Å². The van der Waals surface area contributed by atoms with Gasteiger partial charge in [0.1, 0.15) is 5.82 Å². The number of hydrogen-bond donors (Lipinski definition) is 2. The number of aryl methyl sites for hydroxylation is 1. The van der Waals surface area contributed by atoms with Gasteiger partial charge in [-0.1, -0.05) is 19.1 Å². The van der Waals surface area contributed by atoms with Gasteiger partial charge in [-0.3, -0.25) is 0 Å². The highest BCUT2D eigenvalue weighted by Gasteiger charge is 2.04. The summed E-state index contributed by atoms with van der Waals surface area (Å²) in [6.45, 7) is 2.10. The van der Waals surface area contributed by atoms with Crippen molar-refractivity contribution in [2.24, 2.45) is 0 Å². The third kappa shape index (κ3) is 2.85. The molecular formula is C14H14N2O2. The third-order valence-corrected chi connectivity index (χ3v) is 2.64. The molecule has 0 amide bonds. The van der Waals surface area contributed by atoms with Crippen LogP contribution in [-0.4, -0.2) is 16.1 Å². The number of carboxylic acid groups (broad SMARTS) is 1. The van der Waals surface area contributed by atoms with Gasteiger partial charge in [0.05, 0.1) is 5.56 Å². The smallest absolute Gasteiger partial charge is 0.335 e. The van der Waals surface area contributed by atoms with Crippen LogP contribution in [-0.2, 0) is 6.42 Å². The van der Waals surface area contributed by atoms with Gasteiger partial charge in [-0.05, 0) is 36.2 Å². The molecule has 1 aromatic carbocycles. The molecular weight excluding hydrogens is 228 g/mol. The summed E-state index contributed by atoms with van der Waals surface area (Å²) in [4.78, 5) is 14.9. The first-order valence-corrected chi connectivity index (χ1v) is 5.74. The maximum atomic E-state index is 10.8. The summed E-state index contributed by atoms with van der Waals surface area (Å²) in [6, 6.07) is 10.9. The second-order valence-corrected chi connectivity index (χ2v) is 3.91. The van der Waals surface area contributed by atoms with Crippen molar-refractivity contribution in [1.82, 2.24) is 4.98 Å². The number of benzene rings is 1. The highest BCUT2D eigenvalue weighted by atomic mass is 16.4. The molecule has 0 atom stereocenters. The van der Waals surface area contributed by atoms with Crippen molar-refractivity contribution in [3.05, 3.63) is 53.7 Å². The molecule has 2 aromatic rings. The summed E-state index contributed by atoms with van der Waals surface area (Å²) in [5.41, 5.74) is 2.37. The van der Waals surface area contributed by atoms with Crippen molar-refractivity contribution in [3.63, 3.8) is 0 Å². The Morgan fingerprint density at radius 3 is 2.61 bits per heavy atom. The zero-order valence-electron chi connectivity index (χ0n) is 10.1. The number of carboxylic acids is 1. The van der Waals surface area contributed by atoms with Gasteiger partial charge in [-0.15, -0.1) is 0 Å². The fourth-order valence-electron chi connectivity index (χ4n) is 1.60. The van der Waals surface area contributed by atoms with E-state index in [4.69, 9.17) is 5.11 Å². The number of pyridine rings is 1. The molecule has 0 unspecified atom stereocenters. The van der Waals surface area contributed by atoms with Gasteiger partial charge < -0.3 is 10.4 Å². The number of hydrogen-bond acceptors (Lipinski definition) is 3. The molecule has 1 heterocycles. The van der Waals surface area contributed by atoms with Gasteiger partial charge in [0.25, 0.3) is 0 Å². The van der Waals surface area contributed by atoms with E-state index in [1.807, 2.05) is 24.3 Å². The van der Waals surface area contributed by atoms with Crippen LogP contribution in [0.2, 0.25) is 0 Å².